The van der Waals surface area contributed by atoms with E-state index in [0.717, 1.165) is 17.5 Å². The largest absolute Gasteiger partial charge is 0.489 e. The van der Waals surface area contributed by atoms with Crippen molar-refractivity contribution in [2.45, 2.75) is 25.3 Å². The molecule has 0 aliphatic carbocycles. The highest BCUT2D eigenvalue weighted by Crippen LogP contribution is 2.19. The van der Waals surface area contributed by atoms with Gasteiger partial charge in [-0.15, -0.1) is 0 Å². The highest BCUT2D eigenvalue weighted by molar-refractivity contribution is 7.90. The molecule has 0 aliphatic rings. The predicted octanol–water partition coefficient (Wildman–Crippen LogP) is 3.07. The molecule has 0 fully saturated rings. The number of benzene rings is 2. The topological polar surface area (TPSA) is 125 Å². The van der Waals surface area contributed by atoms with Crippen molar-refractivity contribution < 1.29 is 32.0 Å². The van der Waals surface area contributed by atoms with Gasteiger partial charge in [-0.2, -0.15) is 0 Å². The monoisotopic (exact) mass is 458 g/mol. The number of anilines is 1. The Hall–Kier alpha value is -3.66. The molecule has 1 amide bonds. The van der Waals surface area contributed by atoms with E-state index >= 15 is 0 Å². The minimum Gasteiger partial charge on any atom is -0.489 e. The first-order valence-corrected chi connectivity index (χ1v) is 11.4. The van der Waals surface area contributed by atoms with Gasteiger partial charge in [0.1, 0.15) is 18.1 Å². The first-order valence-electron chi connectivity index (χ1n) is 9.55. The molecule has 0 radical (unpaired) electrons. The number of carbonyl (C=O) groups excluding carboxylic acids is 2. The lowest BCUT2D eigenvalue weighted by Gasteiger charge is -2.09. The number of aryl methyl sites for hydroxylation is 2. The van der Waals surface area contributed by atoms with Crippen molar-refractivity contribution in [3.8, 4) is 5.75 Å². The molecule has 2 aromatic carbocycles. The van der Waals surface area contributed by atoms with Gasteiger partial charge in [0.15, 0.2) is 16.4 Å². The molecular formula is C22H22N2O7S. The predicted molar refractivity (Wildman–Crippen MR) is 115 cm³/mol. The van der Waals surface area contributed by atoms with Gasteiger partial charge >= 0.3 is 5.97 Å². The summed E-state index contributed by atoms with van der Waals surface area (Å²) >= 11 is 0. The molecule has 168 valence electrons. The number of amides is 1. The van der Waals surface area contributed by atoms with Crippen molar-refractivity contribution >= 4 is 27.4 Å². The van der Waals surface area contributed by atoms with E-state index in [1.807, 2.05) is 6.92 Å². The Balaban J connectivity index is 1.53. The van der Waals surface area contributed by atoms with Gasteiger partial charge in [0.2, 0.25) is 0 Å². The molecule has 1 aromatic heterocycles. The van der Waals surface area contributed by atoms with Gasteiger partial charge in [0.25, 0.3) is 5.91 Å². The molecule has 0 unspecified atom stereocenters. The number of aromatic nitrogens is 1. The number of sulfone groups is 1. The molecular weight excluding hydrogens is 436 g/mol. The molecule has 0 atom stereocenters. The van der Waals surface area contributed by atoms with Crippen LogP contribution in [0.4, 0.5) is 5.69 Å². The summed E-state index contributed by atoms with van der Waals surface area (Å²) in [6.45, 7) is 3.34. The number of rotatable bonds is 8. The van der Waals surface area contributed by atoms with Crippen LogP contribution in [0.15, 0.2) is 57.9 Å². The standard InChI is InChI=1S/C22H22N2O7S/c1-14-20(15(2)31-24-14)12-29-18-6-4-5-16(11-18)22(26)30-13-21(25)23-17-7-9-19(10-8-17)32(3,27)28/h4-11H,12-13H2,1-3H3,(H,23,25). The number of hydrogen-bond donors (Lipinski definition) is 1. The summed E-state index contributed by atoms with van der Waals surface area (Å²) < 4.78 is 38.8. The lowest BCUT2D eigenvalue weighted by Crippen LogP contribution is -2.21. The van der Waals surface area contributed by atoms with E-state index in [9.17, 15) is 18.0 Å². The van der Waals surface area contributed by atoms with Crippen LogP contribution in [-0.4, -0.2) is 38.3 Å². The first-order chi connectivity index (χ1) is 15.1. The number of nitrogens with zero attached hydrogens (tertiary/aromatic N) is 1. The zero-order chi connectivity index (χ0) is 23.3. The summed E-state index contributed by atoms with van der Waals surface area (Å²) in [6, 6.07) is 12.1. The van der Waals surface area contributed by atoms with Crippen LogP contribution in [-0.2, 0) is 26.0 Å². The number of hydrogen-bond acceptors (Lipinski definition) is 8. The normalized spacial score (nSPS) is 11.1. The van der Waals surface area contributed by atoms with Crippen molar-refractivity contribution in [1.29, 1.82) is 0 Å². The highest BCUT2D eigenvalue weighted by Gasteiger charge is 2.14. The number of esters is 1. The minimum atomic E-state index is -3.33. The van der Waals surface area contributed by atoms with E-state index < -0.39 is 28.3 Å². The molecule has 32 heavy (non-hydrogen) atoms. The van der Waals surface area contributed by atoms with Crippen LogP contribution >= 0.6 is 0 Å². The van der Waals surface area contributed by atoms with Crippen molar-refractivity contribution in [1.82, 2.24) is 5.16 Å². The quantitative estimate of drug-likeness (QED) is 0.511. The van der Waals surface area contributed by atoms with Gasteiger partial charge in [-0.05, 0) is 56.3 Å². The fraction of sp³-hybridized carbons (Fsp3) is 0.227. The zero-order valence-electron chi connectivity index (χ0n) is 17.7. The Morgan fingerprint density at radius 1 is 1.09 bits per heavy atom. The maximum absolute atomic E-state index is 12.3. The molecule has 10 heteroatoms. The fourth-order valence-electron chi connectivity index (χ4n) is 2.77. The highest BCUT2D eigenvalue weighted by atomic mass is 32.2. The SMILES string of the molecule is Cc1noc(C)c1COc1cccc(C(=O)OCC(=O)Nc2ccc(S(C)(=O)=O)cc2)c1. The Morgan fingerprint density at radius 2 is 1.81 bits per heavy atom. The van der Waals surface area contributed by atoms with Crippen molar-refractivity contribution in [3.63, 3.8) is 0 Å². The van der Waals surface area contributed by atoms with Gasteiger partial charge in [0.05, 0.1) is 21.7 Å². The van der Waals surface area contributed by atoms with Crippen LogP contribution in [0.2, 0.25) is 0 Å². The molecule has 3 aromatic rings. The van der Waals surface area contributed by atoms with E-state index in [1.165, 1.54) is 30.3 Å². The van der Waals surface area contributed by atoms with Crippen LogP contribution in [0.25, 0.3) is 0 Å². The summed E-state index contributed by atoms with van der Waals surface area (Å²) in [5.74, 6) is -0.128. The van der Waals surface area contributed by atoms with Gasteiger partial charge in [-0.3, -0.25) is 4.79 Å². The molecule has 9 nitrogen and oxygen atoms in total. The lowest BCUT2D eigenvalue weighted by atomic mass is 10.2. The summed E-state index contributed by atoms with van der Waals surface area (Å²) in [7, 11) is -3.33. The van der Waals surface area contributed by atoms with Gasteiger partial charge in [0, 0.05) is 11.9 Å². The molecule has 0 aliphatic heterocycles. The third-order valence-corrected chi connectivity index (χ3v) is 5.66. The number of carbonyl (C=O) groups is 2. The second-order valence-electron chi connectivity index (χ2n) is 7.04. The Labute approximate surface area is 185 Å². The molecule has 0 bridgehead atoms. The smallest absolute Gasteiger partial charge is 0.338 e. The fourth-order valence-corrected chi connectivity index (χ4v) is 3.40. The molecule has 0 saturated carbocycles. The van der Waals surface area contributed by atoms with E-state index in [-0.39, 0.29) is 17.1 Å². The summed E-state index contributed by atoms with van der Waals surface area (Å²) in [5, 5.41) is 6.40. The maximum Gasteiger partial charge on any atom is 0.338 e. The molecule has 1 heterocycles. The van der Waals surface area contributed by atoms with E-state index in [0.29, 0.717) is 17.2 Å². The Kier molecular flexibility index (Phi) is 6.94. The molecule has 1 N–H and O–H groups in total. The average molecular weight is 458 g/mol. The summed E-state index contributed by atoms with van der Waals surface area (Å²) in [4.78, 5) is 24.5. The number of nitrogens with one attached hydrogen (secondary N) is 1. The van der Waals surface area contributed by atoms with Crippen molar-refractivity contribution in [2.24, 2.45) is 0 Å². The molecule has 0 saturated heterocycles. The van der Waals surface area contributed by atoms with Crippen molar-refractivity contribution in [3.05, 3.63) is 71.1 Å². The lowest BCUT2D eigenvalue weighted by molar-refractivity contribution is -0.119. The average Bonchev–Trinajstić information content (AvgIpc) is 3.07. The maximum atomic E-state index is 12.3. The van der Waals surface area contributed by atoms with Crippen LogP contribution in [0.1, 0.15) is 27.4 Å². The van der Waals surface area contributed by atoms with E-state index in [4.69, 9.17) is 14.0 Å². The molecule has 3 rings (SSSR count). The zero-order valence-corrected chi connectivity index (χ0v) is 18.6. The second kappa shape index (κ2) is 9.65. The number of ether oxygens (including phenoxy) is 2. The van der Waals surface area contributed by atoms with E-state index in [1.54, 1.807) is 25.1 Å². The Bertz CT molecular complexity index is 1210. The third-order valence-electron chi connectivity index (χ3n) is 4.53. The van der Waals surface area contributed by atoms with E-state index in [2.05, 4.69) is 10.5 Å². The van der Waals surface area contributed by atoms with Gasteiger partial charge in [-0.1, -0.05) is 11.2 Å². The van der Waals surface area contributed by atoms with Gasteiger partial charge < -0.3 is 19.3 Å². The molecule has 0 spiro atoms. The summed E-state index contributed by atoms with van der Waals surface area (Å²) in [5.41, 5.74) is 2.17. The minimum absolute atomic E-state index is 0.137. The second-order valence-corrected chi connectivity index (χ2v) is 9.06. The summed E-state index contributed by atoms with van der Waals surface area (Å²) in [6.07, 6.45) is 1.09. The first kappa shape index (κ1) is 23.0. The van der Waals surface area contributed by atoms with Crippen LogP contribution in [0.3, 0.4) is 0 Å². The third kappa shape index (κ3) is 5.94. The van der Waals surface area contributed by atoms with Crippen LogP contribution < -0.4 is 10.1 Å². The van der Waals surface area contributed by atoms with Crippen LogP contribution in [0, 0.1) is 13.8 Å². The van der Waals surface area contributed by atoms with Crippen LogP contribution in [0.5, 0.6) is 5.75 Å². The Morgan fingerprint density at radius 3 is 2.44 bits per heavy atom. The van der Waals surface area contributed by atoms with Gasteiger partial charge in [-0.25, -0.2) is 13.2 Å². The van der Waals surface area contributed by atoms with Crippen molar-refractivity contribution in [2.75, 3.05) is 18.2 Å².